The van der Waals surface area contributed by atoms with Gasteiger partial charge in [-0.1, -0.05) is 18.2 Å². The number of amides is 1. The van der Waals surface area contributed by atoms with Crippen molar-refractivity contribution in [2.45, 2.75) is 32.9 Å². The summed E-state index contributed by atoms with van der Waals surface area (Å²) in [5.74, 6) is -0.0413. The fraction of sp³-hybridized carbons (Fsp3) is 0.312. The van der Waals surface area contributed by atoms with Crippen molar-refractivity contribution >= 4 is 22.9 Å². The Morgan fingerprint density at radius 3 is 2.60 bits per heavy atom. The average molecular weight is 288 g/mol. The Kier molecular flexibility index (Phi) is 5.32. The van der Waals surface area contributed by atoms with E-state index in [9.17, 15) is 4.79 Å². The summed E-state index contributed by atoms with van der Waals surface area (Å²) in [6.45, 7) is 4.56. The molecule has 20 heavy (non-hydrogen) atoms. The molecule has 0 aliphatic heterocycles. The van der Waals surface area contributed by atoms with Crippen LogP contribution in [0.4, 0.5) is 5.69 Å². The van der Waals surface area contributed by atoms with Crippen LogP contribution in [0.15, 0.2) is 41.8 Å². The number of hydrogen-bond acceptors (Lipinski definition) is 3. The first kappa shape index (κ1) is 14.8. The standard InChI is InChI=1S/C16H20N2OS/c1-12(10-16-4-3-9-20-16)17-11-14-5-7-15(8-6-14)18-13(2)19/h3-9,12,17H,10-11H2,1-2H3,(H,18,19). The van der Waals surface area contributed by atoms with E-state index in [1.807, 2.05) is 24.3 Å². The molecule has 4 heteroatoms. The quantitative estimate of drug-likeness (QED) is 0.855. The normalized spacial score (nSPS) is 12.1. The highest BCUT2D eigenvalue weighted by Crippen LogP contribution is 2.12. The van der Waals surface area contributed by atoms with Crippen LogP contribution in [0, 0.1) is 0 Å². The van der Waals surface area contributed by atoms with Crippen LogP contribution in [-0.4, -0.2) is 11.9 Å². The lowest BCUT2D eigenvalue weighted by Crippen LogP contribution is -2.27. The number of carbonyl (C=O) groups is 1. The zero-order valence-electron chi connectivity index (χ0n) is 11.8. The molecule has 1 aromatic heterocycles. The highest BCUT2D eigenvalue weighted by atomic mass is 32.1. The van der Waals surface area contributed by atoms with Crippen LogP contribution in [0.25, 0.3) is 0 Å². The summed E-state index contributed by atoms with van der Waals surface area (Å²) in [6, 6.07) is 12.7. The Balaban J connectivity index is 1.80. The van der Waals surface area contributed by atoms with Gasteiger partial charge < -0.3 is 10.6 Å². The fourth-order valence-corrected chi connectivity index (χ4v) is 2.84. The van der Waals surface area contributed by atoms with Gasteiger partial charge in [0.2, 0.25) is 5.91 Å². The summed E-state index contributed by atoms with van der Waals surface area (Å²) in [7, 11) is 0. The zero-order chi connectivity index (χ0) is 14.4. The Morgan fingerprint density at radius 1 is 1.25 bits per heavy atom. The van der Waals surface area contributed by atoms with E-state index in [-0.39, 0.29) is 5.91 Å². The molecule has 1 atom stereocenters. The lowest BCUT2D eigenvalue weighted by Gasteiger charge is -2.13. The van der Waals surface area contributed by atoms with Gasteiger partial charge in [-0.05, 0) is 42.5 Å². The van der Waals surface area contributed by atoms with E-state index in [1.165, 1.54) is 17.4 Å². The Labute approximate surface area is 124 Å². The van der Waals surface area contributed by atoms with Gasteiger partial charge in [0.1, 0.15) is 0 Å². The number of rotatable bonds is 6. The Bertz CT molecular complexity index is 534. The maximum absolute atomic E-state index is 10.9. The van der Waals surface area contributed by atoms with E-state index in [0.29, 0.717) is 6.04 Å². The second-order valence-corrected chi connectivity index (χ2v) is 5.98. The highest BCUT2D eigenvalue weighted by molar-refractivity contribution is 7.09. The minimum atomic E-state index is -0.0413. The van der Waals surface area contributed by atoms with Crippen LogP contribution in [-0.2, 0) is 17.8 Å². The third-order valence-electron chi connectivity index (χ3n) is 3.02. The predicted molar refractivity (Wildman–Crippen MR) is 85.1 cm³/mol. The molecule has 1 unspecified atom stereocenters. The van der Waals surface area contributed by atoms with Gasteiger partial charge in [0.05, 0.1) is 0 Å². The summed E-state index contributed by atoms with van der Waals surface area (Å²) >= 11 is 1.80. The Hall–Kier alpha value is -1.65. The van der Waals surface area contributed by atoms with Crippen molar-refractivity contribution in [2.75, 3.05) is 5.32 Å². The van der Waals surface area contributed by atoms with Crippen LogP contribution in [0.3, 0.4) is 0 Å². The lowest BCUT2D eigenvalue weighted by atomic mass is 10.1. The second kappa shape index (κ2) is 7.22. The van der Waals surface area contributed by atoms with Crippen LogP contribution < -0.4 is 10.6 Å². The number of hydrogen-bond donors (Lipinski definition) is 2. The molecule has 1 heterocycles. The first-order chi connectivity index (χ1) is 9.63. The number of anilines is 1. The molecule has 106 valence electrons. The van der Waals surface area contributed by atoms with E-state index >= 15 is 0 Å². The first-order valence-corrected chi connectivity index (χ1v) is 7.64. The molecule has 0 saturated heterocycles. The molecule has 1 aromatic carbocycles. The van der Waals surface area contributed by atoms with Crippen LogP contribution >= 0.6 is 11.3 Å². The van der Waals surface area contributed by atoms with E-state index in [0.717, 1.165) is 18.7 Å². The van der Waals surface area contributed by atoms with Gasteiger partial charge in [-0.25, -0.2) is 0 Å². The molecule has 0 fully saturated rings. The molecule has 0 spiro atoms. The maximum Gasteiger partial charge on any atom is 0.221 e. The first-order valence-electron chi connectivity index (χ1n) is 6.76. The summed E-state index contributed by atoms with van der Waals surface area (Å²) in [5.41, 5.74) is 2.06. The smallest absolute Gasteiger partial charge is 0.221 e. The van der Waals surface area contributed by atoms with E-state index < -0.39 is 0 Å². The van der Waals surface area contributed by atoms with Gasteiger partial charge in [-0.2, -0.15) is 0 Å². The zero-order valence-corrected chi connectivity index (χ0v) is 12.7. The minimum Gasteiger partial charge on any atom is -0.326 e. The van der Waals surface area contributed by atoms with Crippen molar-refractivity contribution in [3.05, 3.63) is 52.2 Å². The van der Waals surface area contributed by atoms with Crippen molar-refractivity contribution in [1.29, 1.82) is 0 Å². The highest BCUT2D eigenvalue weighted by Gasteiger charge is 2.04. The van der Waals surface area contributed by atoms with Gasteiger partial charge in [0, 0.05) is 30.1 Å². The SMILES string of the molecule is CC(=O)Nc1ccc(CNC(C)Cc2cccs2)cc1. The molecule has 3 nitrogen and oxygen atoms in total. The number of carbonyl (C=O) groups excluding carboxylic acids is 1. The number of thiophene rings is 1. The monoisotopic (exact) mass is 288 g/mol. The van der Waals surface area contributed by atoms with Crippen LogP contribution in [0.2, 0.25) is 0 Å². The molecule has 2 N–H and O–H groups in total. The topological polar surface area (TPSA) is 41.1 Å². The number of benzene rings is 1. The molecule has 0 bridgehead atoms. The molecule has 2 rings (SSSR count). The van der Waals surface area contributed by atoms with Gasteiger partial charge in [0.15, 0.2) is 0 Å². The minimum absolute atomic E-state index is 0.0413. The van der Waals surface area contributed by atoms with E-state index in [1.54, 1.807) is 11.3 Å². The molecule has 1 amide bonds. The van der Waals surface area contributed by atoms with Crippen LogP contribution in [0.5, 0.6) is 0 Å². The molecular weight excluding hydrogens is 268 g/mol. The molecular formula is C16H20N2OS. The van der Waals surface area contributed by atoms with Gasteiger partial charge in [-0.15, -0.1) is 11.3 Å². The molecule has 0 saturated carbocycles. The largest absolute Gasteiger partial charge is 0.326 e. The predicted octanol–water partition coefficient (Wildman–Crippen LogP) is 3.43. The van der Waals surface area contributed by atoms with Gasteiger partial charge in [-0.3, -0.25) is 4.79 Å². The van der Waals surface area contributed by atoms with Crippen molar-refractivity contribution in [1.82, 2.24) is 5.32 Å². The summed E-state index contributed by atoms with van der Waals surface area (Å²) in [5, 5.41) is 8.40. The second-order valence-electron chi connectivity index (χ2n) is 4.94. The summed E-state index contributed by atoms with van der Waals surface area (Å²) < 4.78 is 0. The number of nitrogens with one attached hydrogen (secondary N) is 2. The third kappa shape index (κ3) is 4.79. The van der Waals surface area contributed by atoms with Crippen molar-refractivity contribution in [3.63, 3.8) is 0 Å². The van der Waals surface area contributed by atoms with E-state index in [2.05, 4.69) is 35.1 Å². The Morgan fingerprint density at radius 2 is 2.00 bits per heavy atom. The maximum atomic E-state index is 10.9. The molecule has 0 aliphatic carbocycles. The van der Waals surface area contributed by atoms with Crippen molar-refractivity contribution < 1.29 is 4.79 Å². The fourth-order valence-electron chi connectivity index (χ4n) is 2.00. The van der Waals surface area contributed by atoms with Crippen molar-refractivity contribution in [3.8, 4) is 0 Å². The lowest BCUT2D eigenvalue weighted by molar-refractivity contribution is -0.114. The third-order valence-corrected chi connectivity index (χ3v) is 3.92. The van der Waals surface area contributed by atoms with Crippen LogP contribution in [0.1, 0.15) is 24.3 Å². The van der Waals surface area contributed by atoms with E-state index in [4.69, 9.17) is 0 Å². The molecule has 2 aromatic rings. The average Bonchev–Trinajstić information content (AvgIpc) is 2.90. The van der Waals surface area contributed by atoms with Crippen molar-refractivity contribution in [2.24, 2.45) is 0 Å². The summed E-state index contributed by atoms with van der Waals surface area (Å²) in [4.78, 5) is 12.4. The van der Waals surface area contributed by atoms with Gasteiger partial charge >= 0.3 is 0 Å². The molecule has 0 aliphatic rings. The summed E-state index contributed by atoms with van der Waals surface area (Å²) in [6.07, 6.45) is 1.06. The molecule has 0 radical (unpaired) electrons. The van der Waals surface area contributed by atoms with Gasteiger partial charge in [0.25, 0.3) is 0 Å².